The molecule has 0 spiro atoms. The van der Waals surface area contributed by atoms with E-state index in [4.69, 9.17) is 20.0 Å². The number of benzene rings is 2. The van der Waals surface area contributed by atoms with Gasteiger partial charge in [-0.05, 0) is 0 Å². The Morgan fingerprint density at radius 1 is 0.655 bits per heavy atom. The standard InChI is InChI=1S/C26H32Cl2Ge/c1-3-5-9-19-23-25(21-15-11-7-12-16-21)24(20-10-6-4-2)29(27,28)26(23)22-17-13-8-14-18-22/h7-8,11-18H,3-6,9-10,19-20H2,1-2H3. The molecule has 0 nitrogen and oxygen atoms in total. The zero-order valence-corrected chi connectivity index (χ0v) is 21.3. The van der Waals surface area contributed by atoms with Crippen molar-refractivity contribution in [2.24, 2.45) is 0 Å². The summed E-state index contributed by atoms with van der Waals surface area (Å²) in [7, 11) is 14.8. The molecule has 2 aromatic carbocycles. The van der Waals surface area contributed by atoms with Crippen molar-refractivity contribution in [3.05, 3.63) is 81.8 Å². The molecule has 1 aliphatic rings. The van der Waals surface area contributed by atoms with Crippen molar-refractivity contribution in [1.82, 2.24) is 0 Å². The Morgan fingerprint density at radius 3 is 1.72 bits per heavy atom. The van der Waals surface area contributed by atoms with Crippen LogP contribution < -0.4 is 0 Å². The van der Waals surface area contributed by atoms with Crippen LogP contribution in [0.1, 0.15) is 76.3 Å². The maximum atomic E-state index is 7.40. The molecule has 3 heteroatoms. The molecular weight excluding hydrogens is 456 g/mol. The second kappa shape index (κ2) is 10.9. The third-order valence-electron chi connectivity index (χ3n) is 5.78. The van der Waals surface area contributed by atoms with E-state index in [0.717, 1.165) is 12.8 Å². The van der Waals surface area contributed by atoms with Crippen molar-refractivity contribution >= 4 is 41.4 Å². The van der Waals surface area contributed by atoms with E-state index in [9.17, 15) is 0 Å². The van der Waals surface area contributed by atoms with Gasteiger partial charge in [0.1, 0.15) is 0 Å². The quantitative estimate of drug-likeness (QED) is 0.231. The zero-order valence-electron chi connectivity index (χ0n) is 17.7. The summed E-state index contributed by atoms with van der Waals surface area (Å²) in [6.07, 6.45) is 9.33. The van der Waals surface area contributed by atoms with Crippen LogP contribution in [0.3, 0.4) is 0 Å². The summed E-state index contributed by atoms with van der Waals surface area (Å²) in [6, 6.07) is 21.5. The first-order valence-electron chi connectivity index (χ1n) is 11.1. The molecule has 1 heterocycles. The molecule has 29 heavy (non-hydrogen) atoms. The maximum absolute atomic E-state index is 7.40. The molecule has 0 saturated carbocycles. The summed E-state index contributed by atoms with van der Waals surface area (Å²) in [6.45, 7) is 4.51. The van der Waals surface area contributed by atoms with Crippen LogP contribution >= 0.6 is 20.0 Å². The van der Waals surface area contributed by atoms with Gasteiger partial charge < -0.3 is 0 Å². The Balaban J connectivity index is 2.17. The van der Waals surface area contributed by atoms with Gasteiger partial charge in [0.2, 0.25) is 0 Å². The summed E-state index contributed by atoms with van der Waals surface area (Å²) in [4.78, 5) is 0. The topological polar surface area (TPSA) is 0 Å². The van der Waals surface area contributed by atoms with Gasteiger partial charge in [0.05, 0.1) is 0 Å². The zero-order chi connectivity index (χ0) is 20.7. The van der Waals surface area contributed by atoms with E-state index in [1.165, 1.54) is 69.6 Å². The van der Waals surface area contributed by atoms with Crippen LogP contribution in [-0.4, -0.2) is 11.4 Å². The number of unbranched alkanes of at least 4 members (excludes halogenated alkanes) is 4. The Hall–Kier alpha value is -0.957. The van der Waals surface area contributed by atoms with Crippen molar-refractivity contribution in [3.63, 3.8) is 0 Å². The molecule has 0 bridgehead atoms. The summed E-state index contributed by atoms with van der Waals surface area (Å²) >= 11 is -3.38. The van der Waals surface area contributed by atoms with Crippen LogP contribution in [0, 0.1) is 0 Å². The first kappa shape index (κ1) is 22.7. The Bertz CT molecular complexity index is 851. The van der Waals surface area contributed by atoms with Gasteiger partial charge in [0.25, 0.3) is 0 Å². The minimum absolute atomic E-state index is 1.03. The summed E-state index contributed by atoms with van der Waals surface area (Å²) in [5.41, 5.74) is 5.31. The second-order valence-corrected chi connectivity index (χ2v) is 19.6. The van der Waals surface area contributed by atoms with Gasteiger partial charge in [0, 0.05) is 0 Å². The van der Waals surface area contributed by atoms with Gasteiger partial charge in [-0.3, -0.25) is 0 Å². The number of halogens is 2. The third kappa shape index (κ3) is 5.21. The molecule has 0 saturated heterocycles. The third-order valence-corrected chi connectivity index (χ3v) is 15.3. The summed E-state index contributed by atoms with van der Waals surface area (Å²) in [5, 5.41) is 0. The van der Waals surface area contributed by atoms with Crippen LogP contribution in [0.5, 0.6) is 0 Å². The van der Waals surface area contributed by atoms with Crippen LogP contribution in [0.25, 0.3) is 9.98 Å². The van der Waals surface area contributed by atoms with Gasteiger partial charge in [-0.1, -0.05) is 0 Å². The second-order valence-electron chi connectivity index (χ2n) is 7.93. The van der Waals surface area contributed by atoms with Crippen molar-refractivity contribution < 1.29 is 0 Å². The van der Waals surface area contributed by atoms with Gasteiger partial charge in [-0.25, -0.2) is 0 Å². The fraction of sp³-hybridized carbons (Fsp3) is 0.385. The molecule has 0 unspecified atom stereocenters. The number of hydrogen-bond acceptors (Lipinski definition) is 0. The van der Waals surface area contributed by atoms with Crippen molar-refractivity contribution in [3.8, 4) is 0 Å². The summed E-state index contributed by atoms with van der Waals surface area (Å²) in [5.74, 6) is 0. The molecule has 2 aromatic rings. The van der Waals surface area contributed by atoms with Crippen molar-refractivity contribution in [2.45, 2.75) is 65.2 Å². The molecule has 0 amide bonds. The minimum atomic E-state index is -3.38. The first-order chi connectivity index (χ1) is 14.1. The van der Waals surface area contributed by atoms with Gasteiger partial charge in [-0.2, -0.15) is 0 Å². The molecule has 0 aliphatic carbocycles. The van der Waals surface area contributed by atoms with Crippen LogP contribution in [0.15, 0.2) is 70.6 Å². The van der Waals surface area contributed by atoms with Crippen LogP contribution in [0.2, 0.25) is 0 Å². The fourth-order valence-corrected chi connectivity index (χ4v) is 14.0. The molecule has 0 radical (unpaired) electrons. The average molecular weight is 488 g/mol. The Kier molecular flexibility index (Phi) is 8.53. The fourth-order valence-electron chi connectivity index (χ4n) is 4.35. The predicted octanol–water partition coefficient (Wildman–Crippen LogP) is 9.07. The normalized spacial score (nSPS) is 16.0. The number of allylic oxidation sites excluding steroid dienone is 3. The first-order valence-corrected chi connectivity index (χ1v) is 18.7. The van der Waals surface area contributed by atoms with Crippen LogP contribution in [-0.2, 0) is 0 Å². The summed E-state index contributed by atoms with van der Waals surface area (Å²) < 4.78 is 2.66. The van der Waals surface area contributed by atoms with Crippen LogP contribution in [0.4, 0.5) is 0 Å². The van der Waals surface area contributed by atoms with E-state index < -0.39 is 11.4 Å². The molecule has 0 fully saturated rings. The molecule has 154 valence electrons. The van der Waals surface area contributed by atoms with E-state index in [1.807, 2.05) is 0 Å². The molecular formula is C26H32Cl2Ge. The average Bonchev–Trinajstić information content (AvgIpc) is 2.96. The van der Waals surface area contributed by atoms with E-state index in [2.05, 4.69) is 74.5 Å². The monoisotopic (exact) mass is 488 g/mol. The van der Waals surface area contributed by atoms with E-state index >= 15 is 0 Å². The van der Waals surface area contributed by atoms with E-state index in [0.29, 0.717) is 0 Å². The molecule has 0 aromatic heterocycles. The molecule has 0 atom stereocenters. The Labute approximate surface area is 187 Å². The molecule has 1 aliphatic heterocycles. The SMILES string of the molecule is CCCCCC1=[C](c2ccccc2)[Ge]([Cl])([Cl])[C](CCCCC)=C1c1ccccc1. The molecule has 3 rings (SSSR count). The molecule has 0 N–H and O–H groups in total. The Morgan fingerprint density at radius 2 is 1.17 bits per heavy atom. The predicted molar refractivity (Wildman–Crippen MR) is 132 cm³/mol. The van der Waals surface area contributed by atoms with Crippen molar-refractivity contribution in [2.75, 3.05) is 0 Å². The van der Waals surface area contributed by atoms with Gasteiger partial charge in [0.15, 0.2) is 0 Å². The van der Waals surface area contributed by atoms with Gasteiger partial charge >= 0.3 is 188 Å². The van der Waals surface area contributed by atoms with Crippen molar-refractivity contribution in [1.29, 1.82) is 0 Å². The number of rotatable bonds is 10. The van der Waals surface area contributed by atoms with Gasteiger partial charge in [-0.15, -0.1) is 0 Å². The van der Waals surface area contributed by atoms with E-state index in [-0.39, 0.29) is 0 Å². The van der Waals surface area contributed by atoms with E-state index in [1.54, 1.807) is 0 Å². The number of hydrogen-bond donors (Lipinski definition) is 0.